The quantitative estimate of drug-likeness (QED) is 0.442. The van der Waals surface area contributed by atoms with Crippen molar-refractivity contribution in [2.75, 3.05) is 7.05 Å². The van der Waals surface area contributed by atoms with Crippen molar-refractivity contribution in [3.63, 3.8) is 0 Å². The summed E-state index contributed by atoms with van der Waals surface area (Å²) in [5, 5.41) is 0.109. The third-order valence-electron chi connectivity index (χ3n) is 0.651. The Bertz CT molecular complexity index is 61.1. The molecule has 0 aliphatic rings. The molecule has 0 N–H and O–H groups in total. The lowest BCUT2D eigenvalue weighted by molar-refractivity contribution is 0.551. The highest BCUT2D eigenvalue weighted by atomic mass is 35.5. The molecule has 0 aliphatic heterocycles. The summed E-state index contributed by atoms with van der Waals surface area (Å²) in [6.07, 6.45) is 0. The molecule has 0 saturated carbocycles. The Kier molecular flexibility index (Phi) is 3.81. The fourth-order valence-corrected chi connectivity index (χ4v) is 1.35. The zero-order chi connectivity index (χ0) is 6.73. The van der Waals surface area contributed by atoms with Crippen molar-refractivity contribution >= 4 is 23.1 Å². The minimum absolute atomic E-state index is 0.109. The summed E-state index contributed by atoms with van der Waals surface area (Å²) >= 11 is 4.33. The van der Waals surface area contributed by atoms with Gasteiger partial charge in [0, 0.05) is 11.8 Å². The highest BCUT2D eigenvalue weighted by Gasteiger charge is 2.15. The van der Waals surface area contributed by atoms with Gasteiger partial charge in [0.25, 0.3) is 0 Å². The first-order valence-electron chi connectivity index (χ1n) is 2.36. The predicted molar refractivity (Wildman–Crippen MR) is 36.9 cm³/mol. The molecule has 0 amide bonds. The maximum atomic E-state index is 10.7. The van der Waals surface area contributed by atoms with Crippen LogP contribution in [0.25, 0.3) is 0 Å². The van der Waals surface area contributed by atoms with E-state index in [1.807, 2.05) is 13.8 Å². The van der Waals surface area contributed by atoms with E-state index in [0.717, 1.165) is 0 Å². The zero-order valence-electron chi connectivity index (χ0n) is 5.22. The van der Waals surface area contributed by atoms with Gasteiger partial charge in [-0.3, -0.25) is 0 Å². The van der Waals surface area contributed by atoms with Gasteiger partial charge in [0.2, 0.25) is 0 Å². The Morgan fingerprint density at radius 1 is 1.62 bits per heavy atom. The summed E-state index contributed by atoms with van der Waals surface area (Å²) in [6.45, 7) is 3.71. The molecule has 1 unspecified atom stereocenters. The van der Waals surface area contributed by atoms with E-state index < -0.39 is 11.4 Å². The van der Waals surface area contributed by atoms with E-state index in [1.165, 1.54) is 3.82 Å². The molecular formula is C4H10ClNOS. The number of halogens is 1. The maximum absolute atomic E-state index is 10.7. The van der Waals surface area contributed by atoms with Crippen LogP contribution in [0.1, 0.15) is 13.8 Å². The van der Waals surface area contributed by atoms with E-state index in [9.17, 15) is 4.55 Å². The predicted octanol–water partition coefficient (Wildman–Crippen LogP) is 1.14. The molecule has 0 fully saturated rings. The average molecular weight is 156 g/mol. The van der Waals surface area contributed by atoms with Crippen LogP contribution in [-0.4, -0.2) is 20.7 Å². The molecule has 4 heteroatoms. The Morgan fingerprint density at radius 2 is 2.00 bits per heavy atom. The van der Waals surface area contributed by atoms with Crippen molar-refractivity contribution in [1.29, 1.82) is 0 Å². The van der Waals surface area contributed by atoms with Crippen LogP contribution in [0, 0.1) is 0 Å². The standard InChI is InChI=1S/C4H10ClNOS/c1-4(2)8(7)6(3)5/h4H,1-3H3. The van der Waals surface area contributed by atoms with E-state index >= 15 is 0 Å². The summed E-state index contributed by atoms with van der Waals surface area (Å²) < 4.78 is 11.9. The van der Waals surface area contributed by atoms with Gasteiger partial charge in [0.1, 0.15) is 5.25 Å². The molecule has 0 saturated heterocycles. The number of hydrogen-bond acceptors (Lipinski definition) is 2. The van der Waals surface area contributed by atoms with Crippen molar-refractivity contribution in [3.8, 4) is 0 Å². The average Bonchev–Trinajstić information content (AvgIpc) is 1.64. The second-order valence-corrected chi connectivity index (χ2v) is 4.50. The molecule has 1 atom stereocenters. The third kappa shape index (κ3) is 2.77. The van der Waals surface area contributed by atoms with Gasteiger partial charge in [-0.1, -0.05) is 0 Å². The lowest BCUT2D eigenvalue weighted by Crippen LogP contribution is -2.25. The SMILES string of the molecule is CC(C)[S+]([O-])N(C)Cl. The lowest BCUT2D eigenvalue weighted by atomic mass is 10.6. The molecule has 0 radical (unpaired) electrons. The maximum Gasteiger partial charge on any atom is 0.131 e. The van der Waals surface area contributed by atoms with Crippen LogP contribution < -0.4 is 0 Å². The van der Waals surface area contributed by atoms with Crippen LogP contribution in [0.5, 0.6) is 0 Å². The Labute approximate surface area is 58.2 Å². The Balaban J connectivity index is 3.46. The summed E-state index contributed by atoms with van der Waals surface area (Å²) in [4.78, 5) is 0. The van der Waals surface area contributed by atoms with Gasteiger partial charge in [-0.25, -0.2) is 0 Å². The lowest BCUT2D eigenvalue weighted by Gasteiger charge is -2.15. The molecule has 50 valence electrons. The van der Waals surface area contributed by atoms with E-state index in [4.69, 9.17) is 11.8 Å². The number of nitrogens with zero attached hydrogens (tertiary/aromatic N) is 1. The van der Waals surface area contributed by atoms with E-state index in [2.05, 4.69) is 0 Å². The van der Waals surface area contributed by atoms with Gasteiger partial charge in [0.05, 0.1) is 18.4 Å². The van der Waals surface area contributed by atoms with Crippen LogP contribution in [0.4, 0.5) is 0 Å². The normalized spacial score (nSPS) is 15.4. The van der Waals surface area contributed by atoms with Gasteiger partial charge in [0.15, 0.2) is 0 Å². The van der Waals surface area contributed by atoms with Gasteiger partial charge < -0.3 is 4.55 Å². The number of hydrogen-bond donors (Lipinski definition) is 0. The monoisotopic (exact) mass is 155 g/mol. The molecule has 0 aromatic heterocycles. The summed E-state index contributed by atoms with van der Waals surface area (Å²) in [5.74, 6) is 0. The second kappa shape index (κ2) is 3.56. The first-order chi connectivity index (χ1) is 3.55. The molecule has 0 rings (SSSR count). The zero-order valence-corrected chi connectivity index (χ0v) is 6.79. The first kappa shape index (κ1) is 8.56. The van der Waals surface area contributed by atoms with Crippen molar-refractivity contribution < 1.29 is 4.55 Å². The molecule has 0 aromatic rings. The molecule has 0 heterocycles. The second-order valence-electron chi connectivity index (χ2n) is 1.75. The third-order valence-corrected chi connectivity index (χ3v) is 2.36. The Hall–Kier alpha value is 0.560. The minimum atomic E-state index is -1.02. The van der Waals surface area contributed by atoms with E-state index in [-0.39, 0.29) is 5.25 Å². The van der Waals surface area contributed by atoms with E-state index in [0.29, 0.717) is 0 Å². The Morgan fingerprint density at radius 3 is 2.00 bits per heavy atom. The van der Waals surface area contributed by atoms with Crippen molar-refractivity contribution in [2.24, 2.45) is 0 Å². The largest absolute Gasteiger partial charge is 0.597 e. The minimum Gasteiger partial charge on any atom is -0.597 e. The fraction of sp³-hybridized carbons (Fsp3) is 1.00. The molecule has 2 nitrogen and oxygen atoms in total. The van der Waals surface area contributed by atoms with Crippen molar-refractivity contribution in [1.82, 2.24) is 3.82 Å². The molecule has 0 aromatic carbocycles. The van der Waals surface area contributed by atoms with Gasteiger partial charge in [-0.15, -0.1) is 0 Å². The topological polar surface area (TPSA) is 26.3 Å². The molecule has 0 bridgehead atoms. The van der Waals surface area contributed by atoms with Crippen LogP contribution in [0.15, 0.2) is 0 Å². The first-order valence-corrected chi connectivity index (χ1v) is 3.86. The summed E-state index contributed by atoms with van der Waals surface area (Å²) in [6, 6.07) is 0. The summed E-state index contributed by atoms with van der Waals surface area (Å²) in [7, 11) is 1.58. The van der Waals surface area contributed by atoms with Crippen LogP contribution in [-0.2, 0) is 11.4 Å². The molecule has 8 heavy (non-hydrogen) atoms. The highest BCUT2D eigenvalue weighted by molar-refractivity contribution is 7.90. The van der Waals surface area contributed by atoms with Gasteiger partial charge >= 0.3 is 0 Å². The van der Waals surface area contributed by atoms with Crippen LogP contribution in [0.3, 0.4) is 0 Å². The van der Waals surface area contributed by atoms with E-state index in [1.54, 1.807) is 7.05 Å². The molecule has 0 aliphatic carbocycles. The molecular weight excluding hydrogens is 146 g/mol. The van der Waals surface area contributed by atoms with Crippen molar-refractivity contribution in [3.05, 3.63) is 0 Å². The van der Waals surface area contributed by atoms with Crippen LogP contribution >= 0.6 is 11.8 Å². The van der Waals surface area contributed by atoms with Gasteiger partial charge in [-0.2, -0.15) is 0 Å². The van der Waals surface area contributed by atoms with Crippen LogP contribution in [0.2, 0.25) is 0 Å². The van der Waals surface area contributed by atoms with Gasteiger partial charge in [-0.05, 0) is 17.7 Å². The number of rotatable bonds is 2. The van der Waals surface area contributed by atoms with Crippen molar-refractivity contribution in [2.45, 2.75) is 19.1 Å². The smallest absolute Gasteiger partial charge is 0.131 e. The highest BCUT2D eigenvalue weighted by Crippen LogP contribution is 2.06. The fourth-order valence-electron chi connectivity index (χ4n) is 0.291. The molecule has 0 spiro atoms. The summed E-state index contributed by atoms with van der Waals surface area (Å²) in [5.41, 5.74) is 0.